The third kappa shape index (κ3) is 5.26. The molecule has 1 atom stereocenters. The lowest BCUT2D eigenvalue weighted by Gasteiger charge is -2.23. The van der Waals surface area contributed by atoms with E-state index in [4.69, 9.17) is 14.4 Å². The molecule has 0 saturated carbocycles. The van der Waals surface area contributed by atoms with Crippen molar-refractivity contribution in [1.82, 2.24) is 15.1 Å². The molecule has 32 heavy (non-hydrogen) atoms. The number of ether oxygens (including phenoxy) is 1. The van der Waals surface area contributed by atoms with Gasteiger partial charge in [0.05, 0.1) is 6.61 Å². The minimum Gasteiger partial charge on any atom is -0.490 e. The molecule has 3 rings (SSSR count). The van der Waals surface area contributed by atoms with Crippen LogP contribution in [-0.2, 0) is 6.42 Å². The van der Waals surface area contributed by atoms with Gasteiger partial charge in [-0.3, -0.25) is 0 Å². The largest absolute Gasteiger partial charge is 0.490 e. The van der Waals surface area contributed by atoms with Gasteiger partial charge >= 0.3 is 0 Å². The Morgan fingerprint density at radius 1 is 1.09 bits per heavy atom. The number of hydrogen-bond acceptors (Lipinski definition) is 8. The molecule has 8 heteroatoms. The van der Waals surface area contributed by atoms with E-state index in [1.54, 1.807) is 0 Å². The predicted molar refractivity (Wildman–Crippen MR) is 124 cm³/mol. The van der Waals surface area contributed by atoms with Crippen molar-refractivity contribution in [2.75, 3.05) is 25.2 Å². The van der Waals surface area contributed by atoms with E-state index in [0.29, 0.717) is 23.5 Å². The average Bonchev–Trinajstić information content (AvgIpc) is 3.26. The lowest BCUT2D eigenvalue weighted by atomic mass is 10.0. The Morgan fingerprint density at radius 3 is 2.50 bits per heavy atom. The van der Waals surface area contributed by atoms with Crippen molar-refractivity contribution in [3.05, 3.63) is 41.1 Å². The minimum atomic E-state index is -0.916. The van der Waals surface area contributed by atoms with Gasteiger partial charge in [-0.25, -0.2) is 4.98 Å². The molecule has 0 fully saturated rings. The van der Waals surface area contributed by atoms with Gasteiger partial charge in [0.1, 0.15) is 24.3 Å². The Balaban J connectivity index is 1.92. The highest BCUT2D eigenvalue weighted by Crippen LogP contribution is 2.32. The number of pyridine rings is 1. The Hall–Kier alpha value is -2.97. The van der Waals surface area contributed by atoms with Crippen molar-refractivity contribution in [1.29, 1.82) is 0 Å². The molecule has 172 valence electrons. The van der Waals surface area contributed by atoms with Crippen LogP contribution >= 0.6 is 0 Å². The molecule has 8 nitrogen and oxygen atoms in total. The van der Waals surface area contributed by atoms with Crippen LogP contribution in [0.5, 0.6) is 5.75 Å². The summed E-state index contributed by atoms with van der Waals surface area (Å²) in [4.78, 5) is 11.3. The second-order valence-electron chi connectivity index (χ2n) is 8.27. The maximum Gasteiger partial charge on any atom is 0.258 e. The number of aliphatic hydroxyl groups excluding tert-OH is 2. The number of nitrogens with zero attached hydrogens (tertiary/aromatic N) is 4. The smallest absolute Gasteiger partial charge is 0.258 e. The number of benzene rings is 1. The number of aromatic nitrogens is 3. The summed E-state index contributed by atoms with van der Waals surface area (Å²) in [6.07, 6.45) is -0.185. The molecule has 2 heterocycles. The van der Waals surface area contributed by atoms with Crippen LogP contribution in [-0.4, -0.2) is 57.7 Å². The van der Waals surface area contributed by atoms with Gasteiger partial charge in [-0.05, 0) is 69.5 Å². The summed E-state index contributed by atoms with van der Waals surface area (Å²) in [5, 5.41) is 22.8. The number of rotatable bonds is 9. The second kappa shape index (κ2) is 10.1. The van der Waals surface area contributed by atoms with Crippen LogP contribution in [0.3, 0.4) is 0 Å². The molecule has 1 unspecified atom stereocenters. The second-order valence-corrected chi connectivity index (χ2v) is 8.27. The fourth-order valence-corrected chi connectivity index (χ4v) is 3.36. The molecular formula is C24H32N4O4. The molecule has 0 amide bonds. The highest BCUT2D eigenvalue weighted by molar-refractivity contribution is 5.65. The van der Waals surface area contributed by atoms with Gasteiger partial charge in [-0.1, -0.05) is 12.1 Å². The molecular weight excluding hydrogens is 408 g/mol. The summed E-state index contributed by atoms with van der Waals surface area (Å²) >= 11 is 0. The van der Waals surface area contributed by atoms with Crippen LogP contribution in [0.2, 0.25) is 0 Å². The van der Waals surface area contributed by atoms with Gasteiger partial charge < -0.3 is 24.4 Å². The standard InChI is InChI=1S/C24H32N4O4/c1-7-17-10-19(8-15(4)22(17)31-13-20(30)12-29)24-26-23(27-32-24)18-9-16(5)25-21(11-18)28(6)14(2)3/h8-11,14,20,29-30H,7,12-13H2,1-6H3. The molecule has 0 bridgehead atoms. The normalized spacial score (nSPS) is 12.3. The van der Waals surface area contributed by atoms with Gasteiger partial charge in [0.25, 0.3) is 5.89 Å². The third-order valence-corrected chi connectivity index (χ3v) is 5.37. The summed E-state index contributed by atoms with van der Waals surface area (Å²) in [5.41, 5.74) is 4.39. The molecule has 1 aromatic carbocycles. The number of aliphatic hydroxyl groups is 2. The van der Waals surface area contributed by atoms with Crippen molar-refractivity contribution in [3.8, 4) is 28.6 Å². The summed E-state index contributed by atoms with van der Waals surface area (Å²) < 4.78 is 11.4. The van der Waals surface area contributed by atoms with Crippen molar-refractivity contribution in [3.63, 3.8) is 0 Å². The zero-order chi connectivity index (χ0) is 23.4. The quantitative estimate of drug-likeness (QED) is 0.520. The molecule has 2 aromatic heterocycles. The Kier molecular flexibility index (Phi) is 7.48. The molecule has 0 aliphatic heterocycles. The van der Waals surface area contributed by atoms with Crippen LogP contribution in [0.15, 0.2) is 28.8 Å². The SMILES string of the molecule is CCc1cc(-c2nc(-c3cc(C)nc(N(C)C(C)C)c3)no2)cc(C)c1OCC(O)CO. The molecule has 0 aliphatic rings. The topological polar surface area (TPSA) is 105 Å². The third-order valence-electron chi connectivity index (χ3n) is 5.37. The predicted octanol–water partition coefficient (Wildman–Crippen LogP) is 3.55. The highest BCUT2D eigenvalue weighted by atomic mass is 16.5. The van der Waals surface area contributed by atoms with E-state index < -0.39 is 6.10 Å². The van der Waals surface area contributed by atoms with Crippen molar-refractivity contribution >= 4 is 5.82 Å². The monoisotopic (exact) mass is 440 g/mol. The Bertz CT molecular complexity index is 1060. The first kappa shape index (κ1) is 23.7. The zero-order valence-electron chi connectivity index (χ0n) is 19.6. The molecule has 0 spiro atoms. The van der Waals surface area contributed by atoms with E-state index in [0.717, 1.165) is 40.2 Å². The number of aryl methyl sites for hydroxylation is 3. The molecule has 0 saturated heterocycles. The van der Waals surface area contributed by atoms with E-state index in [1.165, 1.54) is 0 Å². The van der Waals surface area contributed by atoms with Crippen LogP contribution in [0.1, 0.15) is 37.6 Å². The van der Waals surface area contributed by atoms with Crippen molar-refractivity contribution < 1.29 is 19.5 Å². The van der Waals surface area contributed by atoms with Gasteiger partial charge in [-0.15, -0.1) is 0 Å². The zero-order valence-corrected chi connectivity index (χ0v) is 19.6. The van der Waals surface area contributed by atoms with E-state index in [1.807, 2.05) is 52.1 Å². The number of hydrogen-bond donors (Lipinski definition) is 2. The van der Waals surface area contributed by atoms with Crippen LogP contribution in [0.4, 0.5) is 5.82 Å². The van der Waals surface area contributed by atoms with Gasteiger partial charge in [-0.2, -0.15) is 4.98 Å². The lowest BCUT2D eigenvalue weighted by molar-refractivity contribution is 0.0531. The summed E-state index contributed by atoms with van der Waals surface area (Å²) in [6, 6.07) is 8.10. The summed E-state index contributed by atoms with van der Waals surface area (Å²) in [7, 11) is 2.01. The summed E-state index contributed by atoms with van der Waals surface area (Å²) in [5.74, 6) is 2.49. The number of anilines is 1. The van der Waals surface area contributed by atoms with Crippen LogP contribution < -0.4 is 9.64 Å². The first-order valence-corrected chi connectivity index (χ1v) is 10.8. The highest BCUT2D eigenvalue weighted by Gasteiger charge is 2.17. The Labute approximate surface area is 188 Å². The molecule has 2 N–H and O–H groups in total. The van der Waals surface area contributed by atoms with Gasteiger partial charge in [0, 0.05) is 29.9 Å². The van der Waals surface area contributed by atoms with E-state index in [9.17, 15) is 5.11 Å². The fraction of sp³-hybridized carbons (Fsp3) is 0.458. The van der Waals surface area contributed by atoms with Crippen LogP contribution in [0, 0.1) is 13.8 Å². The molecule has 0 radical (unpaired) electrons. The van der Waals surface area contributed by atoms with Crippen molar-refractivity contribution in [2.24, 2.45) is 0 Å². The van der Waals surface area contributed by atoms with Gasteiger partial charge in [0.15, 0.2) is 0 Å². The average molecular weight is 441 g/mol. The molecule has 3 aromatic rings. The maximum atomic E-state index is 9.61. The van der Waals surface area contributed by atoms with Gasteiger partial charge in [0.2, 0.25) is 5.82 Å². The Morgan fingerprint density at radius 2 is 1.84 bits per heavy atom. The van der Waals surface area contributed by atoms with E-state index in [2.05, 4.69) is 33.9 Å². The summed E-state index contributed by atoms with van der Waals surface area (Å²) in [6.45, 7) is 9.82. The van der Waals surface area contributed by atoms with E-state index in [-0.39, 0.29) is 13.2 Å². The minimum absolute atomic E-state index is 0.0307. The van der Waals surface area contributed by atoms with Crippen LogP contribution in [0.25, 0.3) is 22.8 Å². The maximum absolute atomic E-state index is 9.61. The lowest BCUT2D eigenvalue weighted by Crippen LogP contribution is -2.26. The first-order chi connectivity index (χ1) is 15.2. The van der Waals surface area contributed by atoms with E-state index >= 15 is 0 Å². The molecule has 0 aliphatic carbocycles. The van der Waals surface area contributed by atoms with Crippen molar-refractivity contribution in [2.45, 2.75) is 53.2 Å². The first-order valence-electron chi connectivity index (χ1n) is 10.8. The fourth-order valence-electron chi connectivity index (χ4n) is 3.36.